The molecule has 0 amide bonds. The van der Waals surface area contributed by atoms with Crippen LogP contribution in [0.25, 0.3) is 22.3 Å². The number of hydrogen-bond acceptors (Lipinski definition) is 6. The van der Waals surface area contributed by atoms with E-state index >= 15 is 0 Å². The first-order valence-electron chi connectivity index (χ1n) is 10.8. The summed E-state index contributed by atoms with van der Waals surface area (Å²) < 4.78 is 4.85. The van der Waals surface area contributed by atoms with Crippen molar-refractivity contribution in [3.63, 3.8) is 0 Å². The van der Waals surface area contributed by atoms with Crippen LogP contribution in [0.4, 0.5) is 0 Å². The topological polar surface area (TPSA) is 93.7 Å². The molecule has 3 aromatic heterocycles. The monoisotopic (exact) mass is 533 g/mol. The predicted octanol–water partition coefficient (Wildman–Crippen LogP) is 7.53. The Labute approximate surface area is 219 Å². The Kier molecular flexibility index (Phi) is 9.43. The molecule has 3 heterocycles. The number of rotatable bonds is 3. The lowest BCUT2D eigenvalue weighted by Crippen LogP contribution is -2.06. The second-order valence-electron chi connectivity index (χ2n) is 7.83. The lowest BCUT2D eigenvalue weighted by molar-refractivity contribution is 0.0601. The quantitative estimate of drug-likeness (QED) is 0.273. The van der Waals surface area contributed by atoms with Crippen LogP contribution in [0.15, 0.2) is 43.0 Å². The van der Waals surface area contributed by atoms with Gasteiger partial charge in [0.05, 0.1) is 18.4 Å². The zero-order valence-corrected chi connectivity index (χ0v) is 20.7. The summed E-state index contributed by atoms with van der Waals surface area (Å²) in [5.41, 5.74) is 4.22. The molecule has 0 saturated heterocycles. The minimum Gasteiger partial charge on any atom is -0.465 e. The maximum atomic E-state index is 11.9. The lowest BCUT2D eigenvalue weighted by atomic mass is 9.82. The normalized spacial score (nSPS) is 13.5. The van der Waals surface area contributed by atoms with Gasteiger partial charge in [0, 0.05) is 35.7 Å². The summed E-state index contributed by atoms with van der Waals surface area (Å²) in [7, 11) is 1.39. The van der Waals surface area contributed by atoms with Crippen molar-refractivity contribution in [2.75, 3.05) is 7.11 Å². The number of benzene rings is 1. The molecule has 7 nitrogen and oxygen atoms in total. The second-order valence-corrected chi connectivity index (χ2v) is 8.91. The van der Waals surface area contributed by atoms with E-state index in [2.05, 4.69) is 24.9 Å². The first-order valence-corrected chi connectivity index (χ1v) is 12.0. The number of ether oxygens (including phenoxy) is 1. The largest absolute Gasteiger partial charge is 0.465 e. The van der Waals surface area contributed by atoms with Crippen molar-refractivity contribution in [2.45, 2.75) is 45.4 Å². The van der Waals surface area contributed by atoms with Crippen LogP contribution in [0.2, 0.25) is 15.5 Å². The fourth-order valence-electron chi connectivity index (χ4n) is 4.26. The van der Waals surface area contributed by atoms with Crippen LogP contribution >= 0.6 is 34.8 Å². The number of nitrogens with one attached hydrogen (secondary N) is 1. The second kappa shape index (κ2) is 12.3. The molecule has 0 unspecified atom stereocenters. The number of aromatic amines is 1. The van der Waals surface area contributed by atoms with E-state index in [4.69, 9.17) is 39.5 Å². The van der Waals surface area contributed by atoms with E-state index in [-0.39, 0.29) is 23.7 Å². The third-order valence-electron chi connectivity index (χ3n) is 5.78. The van der Waals surface area contributed by atoms with Crippen molar-refractivity contribution < 1.29 is 9.53 Å². The van der Waals surface area contributed by atoms with Gasteiger partial charge in [0.25, 0.3) is 0 Å². The number of halogens is 3. The number of aromatic nitrogens is 5. The Balaban J connectivity index is 0.000000325. The Hall–Kier alpha value is -2.74. The fourth-order valence-corrected chi connectivity index (χ4v) is 4.67. The summed E-state index contributed by atoms with van der Waals surface area (Å²) in [6, 6.07) is 5.65. The molecule has 1 aliphatic carbocycles. The number of fused-ring (bicyclic) bond motifs is 1. The Morgan fingerprint density at radius 2 is 1.51 bits per heavy atom. The molecule has 5 rings (SSSR count). The Morgan fingerprint density at radius 1 is 0.914 bits per heavy atom. The van der Waals surface area contributed by atoms with E-state index in [1.807, 2.05) is 18.2 Å². The van der Waals surface area contributed by atoms with E-state index < -0.39 is 0 Å². The smallest absolute Gasteiger partial charge is 0.337 e. The van der Waals surface area contributed by atoms with Crippen LogP contribution in [0.5, 0.6) is 0 Å². The van der Waals surface area contributed by atoms with E-state index in [1.54, 1.807) is 12.4 Å². The number of carbonyl (C=O) groups is 1. The highest BCUT2D eigenvalue weighted by molar-refractivity contribution is 6.40. The van der Waals surface area contributed by atoms with Crippen molar-refractivity contribution in [1.29, 1.82) is 0 Å². The van der Waals surface area contributed by atoms with Gasteiger partial charge in [-0.05, 0) is 36.5 Å². The summed E-state index contributed by atoms with van der Waals surface area (Å²) in [5.74, 6) is 0.106. The molecule has 10 heteroatoms. The van der Waals surface area contributed by atoms with Gasteiger partial charge in [0.1, 0.15) is 5.69 Å². The summed E-state index contributed by atoms with van der Waals surface area (Å²) in [4.78, 5) is 31.3. The number of nitrogens with zero attached hydrogens (tertiary/aromatic N) is 4. The molecule has 1 N–H and O–H groups in total. The molecule has 4 aromatic rings. The third-order valence-corrected chi connectivity index (χ3v) is 6.70. The van der Waals surface area contributed by atoms with Gasteiger partial charge >= 0.3 is 5.97 Å². The third kappa shape index (κ3) is 6.10. The van der Waals surface area contributed by atoms with Gasteiger partial charge < -0.3 is 9.72 Å². The van der Waals surface area contributed by atoms with Crippen molar-refractivity contribution in [3.8, 4) is 11.4 Å². The molecule has 35 heavy (non-hydrogen) atoms. The molecule has 1 aromatic carbocycles. The molecular formula is C25H26Cl3N5O2. The molecule has 184 valence electrons. The summed E-state index contributed by atoms with van der Waals surface area (Å²) in [5, 5.41) is 1.98. The molecule has 1 saturated carbocycles. The molecule has 0 aliphatic heterocycles. The minimum atomic E-state index is -0.347. The number of hydrogen-bond donors (Lipinski definition) is 1. The van der Waals surface area contributed by atoms with Crippen molar-refractivity contribution in [1.82, 2.24) is 24.9 Å². The summed E-state index contributed by atoms with van der Waals surface area (Å²) in [6.45, 7) is 0. The highest BCUT2D eigenvalue weighted by Crippen LogP contribution is 2.43. The van der Waals surface area contributed by atoms with Gasteiger partial charge in [-0.1, -0.05) is 67.6 Å². The SMILES string of the molecule is C.COC(=O)c1ccc2c(C3CCCCC3)c(-c3nccnc3Cl)[nH]c2c1.Clc1nccnc1Cl. The minimum absolute atomic E-state index is 0. The average Bonchev–Trinajstić information content (AvgIpc) is 3.25. The van der Waals surface area contributed by atoms with Gasteiger partial charge in [-0.25, -0.2) is 24.7 Å². The molecule has 0 radical (unpaired) electrons. The van der Waals surface area contributed by atoms with Gasteiger partial charge in [0.15, 0.2) is 15.5 Å². The van der Waals surface area contributed by atoms with Crippen LogP contribution in [0.1, 0.15) is 61.4 Å². The van der Waals surface area contributed by atoms with E-state index in [0.29, 0.717) is 22.3 Å². The molecular weight excluding hydrogens is 509 g/mol. The predicted molar refractivity (Wildman–Crippen MR) is 140 cm³/mol. The first kappa shape index (κ1) is 26.9. The Bertz CT molecular complexity index is 1280. The molecule has 0 atom stereocenters. The fraction of sp³-hybridized carbons (Fsp3) is 0.320. The number of carbonyl (C=O) groups excluding carboxylic acids is 1. The Morgan fingerprint density at radius 3 is 2.09 bits per heavy atom. The van der Waals surface area contributed by atoms with Crippen LogP contribution in [0.3, 0.4) is 0 Å². The molecule has 0 bridgehead atoms. The van der Waals surface area contributed by atoms with Crippen LogP contribution in [-0.4, -0.2) is 38.0 Å². The summed E-state index contributed by atoms with van der Waals surface area (Å²) >= 11 is 17.1. The van der Waals surface area contributed by atoms with Crippen molar-refractivity contribution >= 4 is 51.7 Å². The van der Waals surface area contributed by atoms with Crippen LogP contribution < -0.4 is 0 Å². The van der Waals surface area contributed by atoms with E-state index in [9.17, 15) is 4.79 Å². The summed E-state index contributed by atoms with van der Waals surface area (Å²) in [6.07, 6.45) is 12.2. The maximum absolute atomic E-state index is 11.9. The van der Waals surface area contributed by atoms with Crippen molar-refractivity contribution in [2.24, 2.45) is 0 Å². The van der Waals surface area contributed by atoms with E-state index in [1.165, 1.54) is 44.3 Å². The number of esters is 1. The average molecular weight is 535 g/mol. The van der Waals surface area contributed by atoms with E-state index in [0.717, 1.165) is 29.4 Å². The van der Waals surface area contributed by atoms with Gasteiger partial charge in [-0.2, -0.15) is 0 Å². The zero-order chi connectivity index (χ0) is 24.1. The zero-order valence-electron chi connectivity index (χ0n) is 18.4. The number of H-pyrrole nitrogens is 1. The first-order chi connectivity index (χ1) is 16.5. The van der Waals surface area contributed by atoms with Gasteiger partial charge in [-0.3, -0.25) is 0 Å². The molecule has 1 aliphatic rings. The van der Waals surface area contributed by atoms with Gasteiger partial charge in [0.2, 0.25) is 0 Å². The molecule has 0 spiro atoms. The number of methoxy groups -OCH3 is 1. The van der Waals surface area contributed by atoms with Gasteiger partial charge in [-0.15, -0.1) is 0 Å². The molecule has 1 fully saturated rings. The van der Waals surface area contributed by atoms with Crippen LogP contribution in [-0.2, 0) is 4.74 Å². The highest BCUT2D eigenvalue weighted by atomic mass is 35.5. The van der Waals surface area contributed by atoms with Crippen molar-refractivity contribution in [3.05, 3.63) is 69.6 Å². The lowest BCUT2D eigenvalue weighted by Gasteiger charge is -2.22. The highest BCUT2D eigenvalue weighted by Gasteiger charge is 2.26. The standard InChI is InChI=1S/C20H20ClN3O2.C4H2Cl2N2.CH4/c1-26-20(25)13-7-8-14-15(11-13)24-17(18-19(21)23-10-9-22-18)16(14)12-5-3-2-4-6-12;5-3-4(6)8-2-1-7-3;/h7-12,24H,2-6H2,1H3;1-2H;1H4. The maximum Gasteiger partial charge on any atom is 0.337 e. The van der Waals surface area contributed by atoms with Crippen LogP contribution in [0, 0.1) is 0 Å².